The molecule has 138 valence electrons. The first-order valence-electron chi connectivity index (χ1n) is 8.68. The van der Waals surface area contributed by atoms with Crippen molar-refractivity contribution in [2.75, 3.05) is 5.32 Å². The third kappa shape index (κ3) is 4.48. The minimum Gasteiger partial charge on any atom is -0.351 e. The van der Waals surface area contributed by atoms with E-state index >= 15 is 0 Å². The highest BCUT2D eigenvalue weighted by Crippen LogP contribution is 2.25. The number of rotatable bonds is 6. The van der Waals surface area contributed by atoms with E-state index in [-0.39, 0.29) is 24.2 Å². The Morgan fingerprint density at radius 3 is 2.31 bits per heavy atom. The molecule has 26 heavy (non-hydrogen) atoms. The van der Waals surface area contributed by atoms with Crippen LogP contribution in [0.25, 0.3) is 0 Å². The molecule has 0 heterocycles. The summed E-state index contributed by atoms with van der Waals surface area (Å²) < 4.78 is 12.9. The number of hydrogen-bond acceptors (Lipinski definition) is 2. The predicted octanol–water partition coefficient (Wildman–Crippen LogP) is 3.98. The van der Waals surface area contributed by atoms with Crippen LogP contribution in [0.15, 0.2) is 42.5 Å². The van der Waals surface area contributed by atoms with E-state index in [4.69, 9.17) is 0 Å². The zero-order valence-electron chi connectivity index (χ0n) is 15.7. The molecule has 0 aliphatic rings. The van der Waals surface area contributed by atoms with Crippen LogP contribution in [-0.4, -0.2) is 11.8 Å². The minimum atomic E-state index is -1.24. The monoisotopic (exact) mass is 356 g/mol. The van der Waals surface area contributed by atoms with Gasteiger partial charge in [-0.2, -0.15) is 0 Å². The topological polar surface area (TPSA) is 58.2 Å². The number of anilines is 1. The predicted molar refractivity (Wildman–Crippen MR) is 101 cm³/mol. The van der Waals surface area contributed by atoms with Gasteiger partial charge in [-0.3, -0.25) is 9.59 Å². The van der Waals surface area contributed by atoms with E-state index in [0.717, 1.165) is 28.8 Å². The molecule has 2 rings (SSSR count). The van der Waals surface area contributed by atoms with E-state index in [0.29, 0.717) is 0 Å². The highest BCUT2D eigenvalue weighted by Gasteiger charge is 2.36. The van der Waals surface area contributed by atoms with Gasteiger partial charge in [0.15, 0.2) is 0 Å². The molecule has 0 aliphatic carbocycles. The Bertz CT molecular complexity index is 798. The van der Waals surface area contributed by atoms with Crippen molar-refractivity contribution in [1.29, 1.82) is 0 Å². The third-order valence-corrected chi connectivity index (χ3v) is 4.48. The lowest BCUT2D eigenvalue weighted by Crippen LogP contribution is -2.45. The molecule has 0 radical (unpaired) electrons. The van der Waals surface area contributed by atoms with Gasteiger partial charge in [-0.25, -0.2) is 4.39 Å². The van der Waals surface area contributed by atoms with Crippen LogP contribution in [0.3, 0.4) is 0 Å². The summed E-state index contributed by atoms with van der Waals surface area (Å²) in [4.78, 5) is 25.3. The highest BCUT2D eigenvalue weighted by atomic mass is 19.1. The first kappa shape index (κ1) is 19.6. The Hall–Kier alpha value is -2.69. The molecular weight excluding hydrogens is 331 g/mol. The first-order valence-corrected chi connectivity index (χ1v) is 8.68. The van der Waals surface area contributed by atoms with Gasteiger partial charge in [0.25, 0.3) is 0 Å². The van der Waals surface area contributed by atoms with Crippen molar-refractivity contribution in [3.05, 3.63) is 65.0 Å². The minimum absolute atomic E-state index is 0.237. The average molecular weight is 356 g/mol. The number of amides is 2. The van der Waals surface area contributed by atoms with Crippen LogP contribution in [0.2, 0.25) is 0 Å². The quantitative estimate of drug-likeness (QED) is 0.769. The number of carbonyl (C=O) groups is 2. The van der Waals surface area contributed by atoms with Gasteiger partial charge in [0.2, 0.25) is 11.8 Å². The number of aryl methyl sites for hydroxylation is 2. The SMILES string of the molecule is CCc1cccc(C)c1NC(=O)C(C)(C)C(=O)NCc1ccc(F)cc1. The molecule has 0 fully saturated rings. The fraction of sp³-hybridized carbons (Fsp3) is 0.333. The molecule has 0 aromatic heterocycles. The standard InChI is InChI=1S/C21H25FN2O2/c1-5-16-8-6-7-14(2)18(16)24-20(26)21(3,4)19(25)23-13-15-9-11-17(22)12-10-15/h6-12H,5,13H2,1-4H3,(H,23,25)(H,24,26). The van der Waals surface area contributed by atoms with Crippen molar-refractivity contribution in [3.63, 3.8) is 0 Å². The summed E-state index contributed by atoms with van der Waals surface area (Å²) >= 11 is 0. The maximum atomic E-state index is 12.9. The molecule has 0 aliphatic heterocycles. The summed E-state index contributed by atoms with van der Waals surface area (Å²) in [5.74, 6) is -1.08. The van der Waals surface area contributed by atoms with Crippen molar-refractivity contribution in [1.82, 2.24) is 5.32 Å². The molecule has 0 saturated heterocycles. The number of benzene rings is 2. The molecule has 2 N–H and O–H groups in total. The number of hydrogen-bond donors (Lipinski definition) is 2. The largest absolute Gasteiger partial charge is 0.351 e. The lowest BCUT2D eigenvalue weighted by Gasteiger charge is -2.24. The Morgan fingerprint density at radius 1 is 1.04 bits per heavy atom. The van der Waals surface area contributed by atoms with Gasteiger partial charge in [-0.1, -0.05) is 37.3 Å². The van der Waals surface area contributed by atoms with E-state index in [2.05, 4.69) is 10.6 Å². The third-order valence-electron chi connectivity index (χ3n) is 4.48. The van der Waals surface area contributed by atoms with Crippen LogP contribution >= 0.6 is 0 Å². The van der Waals surface area contributed by atoms with Crippen LogP contribution in [0.4, 0.5) is 10.1 Å². The molecule has 5 heteroatoms. The normalized spacial score (nSPS) is 11.1. The molecule has 0 spiro atoms. The smallest absolute Gasteiger partial charge is 0.239 e. The molecule has 2 aromatic carbocycles. The van der Waals surface area contributed by atoms with Crippen molar-refractivity contribution < 1.29 is 14.0 Å². The fourth-order valence-electron chi connectivity index (χ4n) is 2.58. The summed E-state index contributed by atoms with van der Waals surface area (Å²) in [6.45, 7) is 7.36. The molecule has 0 atom stereocenters. The van der Waals surface area contributed by atoms with E-state index < -0.39 is 5.41 Å². The molecule has 0 bridgehead atoms. The maximum absolute atomic E-state index is 12.9. The zero-order valence-corrected chi connectivity index (χ0v) is 15.7. The van der Waals surface area contributed by atoms with Crippen LogP contribution in [0.1, 0.15) is 37.5 Å². The zero-order chi connectivity index (χ0) is 19.3. The first-order chi connectivity index (χ1) is 12.3. The van der Waals surface area contributed by atoms with E-state index in [9.17, 15) is 14.0 Å². The van der Waals surface area contributed by atoms with E-state index in [1.807, 2.05) is 32.0 Å². The lowest BCUT2D eigenvalue weighted by atomic mass is 9.90. The Balaban J connectivity index is 2.07. The van der Waals surface area contributed by atoms with Crippen LogP contribution in [-0.2, 0) is 22.6 Å². The van der Waals surface area contributed by atoms with Gasteiger partial charge in [0.05, 0.1) is 0 Å². The van der Waals surface area contributed by atoms with Gasteiger partial charge < -0.3 is 10.6 Å². The van der Waals surface area contributed by atoms with Gasteiger partial charge >= 0.3 is 0 Å². The van der Waals surface area contributed by atoms with Gasteiger partial charge in [0.1, 0.15) is 11.2 Å². The van der Waals surface area contributed by atoms with Gasteiger partial charge in [-0.15, -0.1) is 0 Å². The Morgan fingerprint density at radius 2 is 1.69 bits per heavy atom. The second kappa shape index (κ2) is 8.13. The fourth-order valence-corrected chi connectivity index (χ4v) is 2.58. The molecular formula is C21H25FN2O2. The lowest BCUT2D eigenvalue weighted by molar-refractivity contribution is -0.138. The van der Waals surface area contributed by atoms with Crippen LogP contribution in [0, 0.1) is 18.2 Å². The number of halogens is 1. The second-order valence-electron chi connectivity index (χ2n) is 6.85. The summed E-state index contributed by atoms with van der Waals surface area (Å²) in [6, 6.07) is 11.7. The summed E-state index contributed by atoms with van der Waals surface area (Å²) in [5.41, 5.74) is 2.27. The average Bonchev–Trinajstić information content (AvgIpc) is 2.62. The van der Waals surface area contributed by atoms with Gasteiger partial charge in [0, 0.05) is 12.2 Å². The van der Waals surface area contributed by atoms with Crippen molar-refractivity contribution in [2.24, 2.45) is 5.41 Å². The van der Waals surface area contributed by atoms with Crippen LogP contribution in [0.5, 0.6) is 0 Å². The van der Waals surface area contributed by atoms with E-state index in [1.54, 1.807) is 26.0 Å². The molecule has 2 amide bonds. The molecule has 4 nitrogen and oxygen atoms in total. The van der Waals surface area contributed by atoms with Crippen molar-refractivity contribution >= 4 is 17.5 Å². The number of nitrogens with one attached hydrogen (secondary N) is 2. The summed E-state index contributed by atoms with van der Waals surface area (Å²) in [5, 5.41) is 5.65. The molecule has 0 unspecified atom stereocenters. The second-order valence-corrected chi connectivity index (χ2v) is 6.85. The molecule has 0 saturated carbocycles. The number of carbonyl (C=O) groups excluding carboxylic acids is 2. The number of para-hydroxylation sites is 1. The van der Waals surface area contributed by atoms with Gasteiger partial charge in [-0.05, 0) is 56.0 Å². The summed E-state index contributed by atoms with van der Waals surface area (Å²) in [7, 11) is 0. The van der Waals surface area contributed by atoms with Crippen molar-refractivity contribution in [3.8, 4) is 0 Å². The van der Waals surface area contributed by atoms with Crippen molar-refractivity contribution in [2.45, 2.75) is 40.7 Å². The van der Waals surface area contributed by atoms with Crippen LogP contribution < -0.4 is 10.6 Å². The Labute approximate surface area is 153 Å². The highest BCUT2D eigenvalue weighted by molar-refractivity contribution is 6.10. The van der Waals surface area contributed by atoms with E-state index in [1.165, 1.54) is 12.1 Å². The maximum Gasteiger partial charge on any atom is 0.239 e. The summed E-state index contributed by atoms with van der Waals surface area (Å²) in [6.07, 6.45) is 0.786. The molecule has 2 aromatic rings. The Kier molecular flexibility index (Phi) is 6.14.